The number of carbonyl (C=O) groups is 1. The summed E-state index contributed by atoms with van der Waals surface area (Å²) in [6.45, 7) is -0.199. The maximum Gasteiger partial charge on any atom is 0.387 e. The van der Waals surface area contributed by atoms with Crippen molar-refractivity contribution in [3.05, 3.63) is 59.5 Å². The molecule has 3 aromatic rings. The molecule has 4 rings (SSSR count). The average Bonchev–Trinajstić information content (AvgIpc) is 3.35. The van der Waals surface area contributed by atoms with Crippen molar-refractivity contribution in [1.82, 2.24) is 10.3 Å². The molecule has 0 aliphatic carbocycles. The minimum Gasteiger partial charge on any atom is -0.490 e. The predicted octanol–water partition coefficient (Wildman–Crippen LogP) is 5.13. The summed E-state index contributed by atoms with van der Waals surface area (Å²) in [5.74, 6) is 0.0336. The molecule has 10 heteroatoms. The number of fused-ring (bicyclic) bond motifs is 1. The van der Waals surface area contributed by atoms with Crippen LogP contribution in [-0.4, -0.2) is 36.7 Å². The van der Waals surface area contributed by atoms with Gasteiger partial charge in [-0.3, -0.25) is 4.79 Å². The number of rotatable bonds is 12. The first kappa shape index (κ1) is 26.4. The number of hydrogen-bond donors (Lipinski definition) is 3. The fourth-order valence-electron chi connectivity index (χ4n) is 4.23. The zero-order chi connectivity index (χ0) is 26.2. The number of para-hydroxylation sites is 1. The molecule has 1 aromatic heterocycles. The molecule has 1 amide bonds. The number of aromatic nitrogens is 1. The van der Waals surface area contributed by atoms with Gasteiger partial charge in [-0.25, -0.2) is 4.98 Å². The van der Waals surface area contributed by atoms with Gasteiger partial charge < -0.3 is 30.3 Å². The summed E-state index contributed by atoms with van der Waals surface area (Å²) >= 11 is 0. The molecule has 4 N–H and O–H groups in total. The molecule has 1 aliphatic rings. The highest BCUT2D eigenvalue weighted by Crippen LogP contribution is 2.34. The van der Waals surface area contributed by atoms with Crippen LogP contribution in [0, 0.1) is 0 Å². The highest BCUT2D eigenvalue weighted by atomic mass is 19.3. The fourth-order valence-corrected chi connectivity index (χ4v) is 4.23. The molecule has 8 nitrogen and oxygen atoms in total. The Balaban J connectivity index is 1.47. The molecule has 0 saturated carbocycles. The summed E-state index contributed by atoms with van der Waals surface area (Å²) < 4.78 is 41.8. The van der Waals surface area contributed by atoms with Gasteiger partial charge in [0.05, 0.1) is 13.2 Å². The second kappa shape index (κ2) is 12.5. The quantitative estimate of drug-likeness (QED) is 0.287. The van der Waals surface area contributed by atoms with E-state index in [-0.39, 0.29) is 41.4 Å². The topological polar surface area (TPSA) is 112 Å². The van der Waals surface area contributed by atoms with E-state index in [2.05, 4.69) is 33.3 Å². The largest absolute Gasteiger partial charge is 0.490 e. The first-order valence-corrected chi connectivity index (χ1v) is 12.5. The zero-order valence-electron chi connectivity index (χ0n) is 20.8. The maximum absolute atomic E-state index is 13.0. The number of ether oxygens (including phenoxy) is 2. The Hall–Kier alpha value is -3.66. The van der Waals surface area contributed by atoms with Gasteiger partial charge in [0.15, 0.2) is 23.0 Å². The lowest BCUT2D eigenvalue weighted by molar-refractivity contribution is -0.0515. The van der Waals surface area contributed by atoms with Gasteiger partial charge in [0.25, 0.3) is 5.91 Å². The Labute approximate surface area is 214 Å². The predicted molar refractivity (Wildman–Crippen MR) is 136 cm³/mol. The summed E-state index contributed by atoms with van der Waals surface area (Å²) in [4.78, 5) is 17.3. The van der Waals surface area contributed by atoms with E-state index in [0.29, 0.717) is 18.7 Å². The number of nitrogens with one attached hydrogen (secondary N) is 2. The molecule has 0 saturated heterocycles. The lowest BCUT2D eigenvalue weighted by Gasteiger charge is -2.27. The number of carbonyl (C=O) groups excluding carboxylic acids is 1. The van der Waals surface area contributed by atoms with Gasteiger partial charge in [-0.1, -0.05) is 38.0 Å². The summed E-state index contributed by atoms with van der Waals surface area (Å²) in [6, 6.07) is 12.6. The van der Waals surface area contributed by atoms with Gasteiger partial charge in [-0.2, -0.15) is 8.78 Å². The average molecular weight is 515 g/mol. The summed E-state index contributed by atoms with van der Waals surface area (Å²) in [6.07, 6.45) is 4.54. The number of nitrogens with zero attached hydrogens (tertiary/aromatic N) is 1. The normalized spacial score (nSPS) is 14.7. The molecular formula is C27H32F2N4O4. The number of halogens is 2. The van der Waals surface area contributed by atoms with Crippen molar-refractivity contribution >= 4 is 11.6 Å². The van der Waals surface area contributed by atoms with Crippen LogP contribution in [0.3, 0.4) is 0 Å². The lowest BCUT2D eigenvalue weighted by atomic mass is 9.98. The smallest absolute Gasteiger partial charge is 0.387 e. The van der Waals surface area contributed by atoms with Gasteiger partial charge in [0, 0.05) is 23.8 Å². The van der Waals surface area contributed by atoms with Gasteiger partial charge in [0.2, 0.25) is 5.89 Å². The zero-order valence-corrected chi connectivity index (χ0v) is 20.8. The molecule has 1 atom stereocenters. The molecule has 0 spiro atoms. The van der Waals surface area contributed by atoms with E-state index in [0.717, 1.165) is 37.8 Å². The van der Waals surface area contributed by atoms with Gasteiger partial charge in [-0.15, -0.1) is 0 Å². The highest BCUT2D eigenvalue weighted by molar-refractivity contribution is 5.93. The van der Waals surface area contributed by atoms with E-state index >= 15 is 0 Å². The minimum absolute atomic E-state index is 0.0300. The van der Waals surface area contributed by atoms with Crippen LogP contribution < -0.4 is 25.8 Å². The third-order valence-electron chi connectivity index (χ3n) is 6.16. The molecule has 37 heavy (non-hydrogen) atoms. The Morgan fingerprint density at radius 3 is 2.86 bits per heavy atom. The minimum atomic E-state index is -2.99. The van der Waals surface area contributed by atoms with Crippen LogP contribution >= 0.6 is 0 Å². The Morgan fingerprint density at radius 1 is 1.24 bits per heavy atom. The molecule has 1 aliphatic heterocycles. The van der Waals surface area contributed by atoms with Crippen LogP contribution in [0.15, 0.2) is 46.9 Å². The number of hydrogen-bond acceptors (Lipinski definition) is 7. The fraction of sp³-hybridized carbons (Fsp3) is 0.407. The molecule has 0 bridgehead atoms. The van der Waals surface area contributed by atoms with Crippen LogP contribution in [-0.2, 0) is 13.0 Å². The van der Waals surface area contributed by atoms with E-state index in [1.807, 2.05) is 18.2 Å². The molecule has 0 fully saturated rings. The number of nitrogens with two attached hydrogens (primary N) is 1. The Bertz CT molecular complexity index is 1200. The van der Waals surface area contributed by atoms with Crippen molar-refractivity contribution in [3.63, 3.8) is 0 Å². The van der Waals surface area contributed by atoms with Crippen molar-refractivity contribution in [3.8, 4) is 23.0 Å². The van der Waals surface area contributed by atoms with Crippen molar-refractivity contribution in [1.29, 1.82) is 0 Å². The summed E-state index contributed by atoms with van der Waals surface area (Å²) in [5.41, 5.74) is 8.70. The van der Waals surface area contributed by atoms with E-state index in [1.54, 1.807) is 0 Å². The summed E-state index contributed by atoms with van der Waals surface area (Å²) in [5, 5.41) is 6.36. The van der Waals surface area contributed by atoms with Crippen LogP contribution in [0.5, 0.6) is 11.5 Å². The van der Waals surface area contributed by atoms with Gasteiger partial charge in [0.1, 0.15) is 0 Å². The molecule has 1 unspecified atom stereocenters. The van der Waals surface area contributed by atoms with Gasteiger partial charge in [-0.05, 0) is 49.1 Å². The third kappa shape index (κ3) is 6.76. The Morgan fingerprint density at radius 2 is 2.08 bits per heavy atom. The van der Waals surface area contributed by atoms with Crippen molar-refractivity contribution < 1.29 is 27.5 Å². The maximum atomic E-state index is 13.0. The summed E-state index contributed by atoms with van der Waals surface area (Å²) in [7, 11) is 0. The van der Waals surface area contributed by atoms with Crippen molar-refractivity contribution in [2.45, 2.75) is 58.2 Å². The number of aryl methyl sites for hydroxylation is 1. The number of oxazole rings is 1. The van der Waals surface area contributed by atoms with Crippen LogP contribution in [0.1, 0.15) is 54.4 Å². The van der Waals surface area contributed by atoms with Crippen LogP contribution in [0.25, 0.3) is 11.5 Å². The van der Waals surface area contributed by atoms with Crippen LogP contribution in [0.4, 0.5) is 14.5 Å². The van der Waals surface area contributed by atoms with Crippen LogP contribution in [0.2, 0.25) is 0 Å². The number of amides is 1. The van der Waals surface area contributed by atoms with E-state index in [1.165, 1.54) is 23.8 Å². The molecule has 2 aromatic carbocycles. The number of anilines is 1. The molecule has 2 heterocycles. The monoisotopic (exact) mass is 514 g/mol. The lowest BCUT2D eigenvalue weighted by Crippen LogP contribution is -2.39. The standard InChI is InChI=1S/C27H32F2N4O4/c1-2-3-6-13-35-22-14-18(10-12-21(22)37-27(28)29)26-33-24(23(15-30)36-26)25(34)31-16-19-11-9-17-7-4-5-8-20(17)32-19/h4-5,7-8,10,12,14,19,27,32H,2-3,6,9,11,13,15-16,30H2,1H3,(H,31,34). The molecular weight excluding hydrogens is 482 g/mol. The first-order chi connectivity index (χ1) is 18.0. The van der Waals surface area contributed by atoms with Crippen molar-refractivity contribution in [2.24, 2.45) is 5.73 Å². The van der Waals surface area contributed by atoms with Crippen molar-refractivity contribution in [2.75, 3.05) is 18.5 Å². The SMILES string of the molecule is CCCCCOc1cc(-c2nc(C(=O)NCC3CCc4ccccc4N3)c(CN)o2)ccc1OC(F)F. The number of unbranched alkanes of at least 4 members (excludes halogenated alkanes) is 2. The van der Waals surface area contributed by atoms with Gasteiger partial charge >= 0.3 is 6.61 Å². The first-order valence-electron chi connectivity index (χ1n) is 12.5. The second-order valence-corrected chi connectivity index (χ2v) is 8.84. The second-order valence-electron chi connectivity index (χ2n) is 8.84. The van der Waals surface area contributed by atoms with E-state index in [4.69, 9.17) is 14.9 Å². The van der Waals surface area contributed by atoms with E-state index < -0.39 is 12.5 Å². The highest BCUT2D eigenvalue weighted by Gasteiger charge is 2.23. The number of benzene rings is 2. The molecule has 0 radical (unpaired) electrons. The van der Waals surface area contributed by atoms with E-state index in [9.17, 15) is 13.6 Å². The third-order valence-corrected chi connectivity index (χ3v) is 6.16. The number of alkyl halides is 2. The molecule has 198 valence electrons. The Kier molecular flexibility index (Phi) is 8.95.